The lowest BCUT2D eigenvalue weighted by Crippen LogP contribution is -2.49. The SMILES string of the molecule is CN1C(CCC(=O)N2CCC(O)CC2)CNC(=O)C2C1CCN2Cc1cccs1. The molecule has 160 valence electrons. The third-order valence-corrected chi connectivity index (χ3v) is 7.66. The van der Waals surface area contributed by atoms with Crippen molar-refractivity contribution in [2.45, 2.75) is 62.9 Å². The second-order valence-corrected chi connectivity index (χ2v) is 9.60. The Morgan fingerprint density at radius 2 is 2.07 bits per heavy atom. The third-order valence-electron chi connectivity index (χ3n) is 6.80. The molecule has 4 heterocycles. The molecule has 0 saturated carbocycles. The van der Waals surface area contributed by atoms with E-state index in [4.69, 9.17) is 0 Å². The molecular weight excluding hydrogens is 388 g/mol. The van der Waals surface area contributed by atoms with Crippen molar-refractivity contribution in [1.29, 1.82) is 0 Å². The van der Waals surface area contributed by atoms with E-state index < -0.39 is 0 Å². The molecule has 29 heavy (non-hydrogen) atoms. The second kappa shape index (κ2) is 9.12. The van der Waals surface area contributed by atoms with Crippen molar-refractivity contribution >= 4 is 23.2 Å². The molecule has 1 aromatic rings. The molecule has 8 heteroatoms. The Morgan fingerprint density at radius 1 is 1.28 bits per heavy atom. The van der Waals surface area contributed by atoms with Gasteiger partial charge in [0, 0.05) is 56.1 Å². The van der Waals surface area contributed by atoms with E-state index in [0.717, 1.165) is 25.9 Å². The number of amides is 2. The first-order valence-corrected chi connectivity index (χ1v) is 11.6. The van der Waals surface area contributed by atoms with Gasteiger partial charge < -0.3 is 15.3 Å². The predicted octanol–water partition coefficient (Wildman–Crippen LogP) is 0.885. The van der Waals surface area contributed by atoms with E-state index in [1.54, 1.807) is 11.3 Å². The summed E-state index contributed by atoms with van der Waals surface area (Å²) in [4.78, 5) is 33.3. The van der Waals surface area contributed by atoms with Gasteiger partial charge in [0.25, 0.3) is 0 Å². The minimum atomic E-state index is -0.265. The van der Waals surface area contributed by atoms with E-state index in [0.29, 0.717) is 38.9 Å². The van der Waals surface area contributed by atoms with Gasteiger partial charge in [-0.05, 0) is 44.2 Å². The summed E-state index contributed by atoms with van der Waals surface area (Å²) >= 11 is 1.74. The Morgan fingerprint density at radius 3 is 2.79 bits per heavy atom. The highest BCUT2D eigenvalue weighted by Gasteiger charge is 2.45. The normalized spacial score (nSPS) is 29.5. The van der Waals surface area contributed by atoms with Crippen LogP contribution in [-0.2, 0) is 16.1 Å². The van der Waals surface area contributed by atoms with E-state index in [9.17, 15) is 14.7 Å². The van der Waals surface area contributed by atoms with E-state index in [1.807, 2.05) is 4.90 Å². The number of nitrogens with zero attached hydrogens (tertiary/aromatic N) is 3. The summed E-state index contributed by atoms with van der Waals surface area (Å²) in [6, 6.07) is 4.44. The van der Waals surface area contributed by atoms with Crippen molar-refractivity contribution in [2.24, 2.45) is 0 Å². The number of piperidine rings is 1. The number of likely N-dealkylation sites (N-methyl/N-ethyl adjacent to an activating group) is 1. The van der Waals surface area contributed by atoms with Crippen LogP contribution in [0, 0.1) is 0 Å². The Labute approximate surface area is 176 Å². The van der Waals surface area contributed by atoms with Crippen LogP contribution in [0.5, 0.6) is 0 Å². The average molecular weight is 421 g/mol. The number of aliphatic hydroxyl groups excluding tert-OH is 1. The lowest BCUT2D eigenvalue weighted by atomic mass is 10.0. The highest BCUT2D eigenvalue weighted by molar-refractivity contribution is 7.09. The molecule has 0 spiro atoms. The molecule has 0 radical (unpaired) electrons. The molecule has 3 saturated heterocycles. The molecule has 0 aromatic carbocycles. The molecule has 3 aliphatic rings. The molecule has 0 aliphatic carbocycles. The van der Waals surface area contributed by atoms with Gasteiger partial charge in [0.2, 0.25) is 11.8 Å². The van der Waals surface area contributed by atoms with Crippen LogP contribution in [0.4, 0.5) is 0 Å². The molecule has 7 nitrogen and oxygen atoms in total. The van der Waals surface area contributed by atoms with E-state index in [-0.39, 0.29) is 36.0 Å². The van der Waals surface area contributed by atoms with Gasteiger partial charge in [-0.15, -0.1) is 11.3 Å². The lowest BCUT2D eigenvalue weighted by molar-refractivity contribution is -0.133. The predicted molar refractivity (Wildman–Crippen MR) is 113 cm³/mol. The Hall–Kier alpha value is -1.48. The molecule has 3 atom stereocenters. The van der Waals surface area contributed by atoms with Crippen LogP contribution in [0.1, 0.15) is 37.0 Å². The summed E-state index contributed by atoms with van der Waals surface area (Å²) in [5.41, 5.74) is 0. The zero-order valence-corrected chi connectivity index (χ0v) is 17.9. The van der Waals surface area contributed by atoms with Crippen LogP contribution < -0.4 is 5.32 Å². The third kappa shape index (κ3) is 4.66. The number of nitrogens with one attached hydrogen (secondary N) is 1. The number of likely N-dealkylation sites (tertiary alicyclic amines) is 2. The maximum Gasteiger partial charge on any atom is 0.239 e. The minimum Gasteiger partial charge on any atom is -0.393 e. The topological polar surface area (TPSA) is 76.1 Å². The van der Waals surface area contributed by atoms with Crippen molar-refractivity contribution in [3.05, 3.63) is 22.4 Å². The minimum absolute atomic E-state index is 0.119. The van der Waals surface area contributed by atoms with E-state index in [2.05, 4.69) is 39.7 Å². The van der Waals surface area contributed by atoms with Crippen LogP contribution in [-0.4, -0.2) is 89.1 Å². The smallest absolute Gasteiger partial charge is 0.239 e. The number of fused-ring (bicyclic) bond motifs is 1. The van der Waals surface area contributed by atoms with Crippen LogP contribution in [0.15, 0.2) is 17.5 Å². The zero-order chi connectivity index (χ0) is 20.4. The standard InChI is InChI=1S/C21H32N4O3S/c1-23-15(4-5-19(27)24-9-6-16(26)7-10-24)13-22-21(28)20-18(23)8-11-25(20)14-17-3-2-12-29-17/h2-3,12,15-16,18,20,26H,4-11,13-14H2,1H3,(H,22,28). The fourth-order valence-corrected chi connectivity index (χ4v) is 5.72. The van der Waals surface area contributed by atoms with Gasteiger partial charge in [0.1, 0.15) is 6.04 Å². The summed E-state index contributed by atoms with van der Waals surface area (Å²) in [6.07, 6.45) is 3.32. The van der Waals surface area contributed by atoms with E-state index in [1.165, 1.54) is 4.88 Å². The van der Waals surface area contributed by atoms with Gasteiger partial charge in [-0.25, -0.2) is 0 Å². The van der Waals surface area contributed by atoms with Crippen molar-refractivity contribution in [1.82, 2.24) is 20.0 Å². The van der Waals surface area contributed by atoms with Gasteiger partial charge in [-0.1, -0.05) is 6.07 Å². The Bertz CT molecular complexity index is 705. The van der Waals surface area contributed by atoms with Gasteiger partial charge in [-0.3, -0.25) is 19.4 Å². The molecule has 3 unspecified atom stereocenters. The monoisotopic (exact) mass is 420 g/mol. The summed E-state index contributed by atoms with van der Waals surface area (Å²) < 4.78 is 0. The first-order chi connectivity index (χ1) is 14.0. The van der Waals surface area contributed by atoms with Crippen LogP contribution in [0.2, 0.25) is 0 Å². The molecule has 4 rings (SSSR count). The largest absolute Gasteiger partial charge is 0.393 e. The molecule has 2 amide bonds. The zero-order valence-electron chi connectivity index (χ0n) is 17.1. The average Bonchev–Trinajstić information content (AvgIpc) is 3.35. The highest BCUT2D eigenvalue weighted by Crippen LogP contribution is 2.29. The fourth-order valence-electron chi connectivity index (χ4n) is 4.99. The number of aliphatic hydroxyl groups is 1. The Kier molecular flexibility index (Phi) is 6.53. The lowest BCUT2D eigenvalue weighted by Gasteiger charge is -2.34. The molecule has 0 bridgehead atoms. The van der Waals surface area contributed by atoms with Crippen molar-refractivity contribution in [3.63, 3.8) is 0 Å². The molecular formula is C21H32N4O3S. The van der Waals surface area contributed by atoms with Gasteiger partial charge >= 0.3 is 0 Å². The van der Waals surface area contributed by atoms with Crippen LogP contribution in [0.3, 0.4) is 0 Å². The number of carbonyl (C=O) groups is 2. The number of rotatable bonds is 5. The van der Waals surface area contributed by atoms with Gasteiger partial charge in [0.05, 0.1) is 6.10 Å². The Balaban J connectivity index is 1.35. The molecule has 1 aromatic heterocycles. The van der Waals surface area contributed by atoms with Crippen molar-refractivity contribution in [3.8, 4) is 0 Å². The van der Waals surface area contributed by atoms with Crippen molar-refractivity contribution < 1.29 is 14.7 Å². The summed E-state index contributed by atoms with van der Waals surface area (Å²) in [5.74, 6) is 0.290. The molecule has 3 aliphatic heterocycles. The van der Waals surface area contributed by atoms with E-state index >= 15 is 0 Å². The van der Waals surface area contributed by atoms with Gasteiger partial charge in [-0.2, -0.15) is 0 Å². The highest BCUT2D eigenvalue weighted by atomic mass is 32.1. The first kappa shape index (κ1) is 20.8. The second-order valence-electron chi connectivity index (χ2n) is 8.57. The quantitative estimate of drug-likeness (QED) is 0.740. The number of thiophene rings is 1. The van der Waals surface area contributed by atoms with Crippen LogP contribution in [0.25, 0.3) is 0 Å². The van der Waals surface area contributed by atoms with Gasteiger partial charge in [0.15, 0.2) is 0 Å². The number of hydrogen-bond acceptors (Lipinski definition) is 6. The number of hydrogen-bond donors (Lipinski definition) is 2. The fraction of sp³-hybridized carbons (Fsp3) is 0.714. The summed E-state index contributed by atoms with van der Waals surface area (Å²) in [5, 5.41) is 14.9. The first-order valence-electron chi connectivity index (χ1n) is 10.7. The summed E-state index contributed by atoms with van der Waals surface area (Å²) in [7, 11) is 2.11. The number of carbonyl (C=O) groups excluding carboxylic acids is 2. The maximum absolute atomic E-state index is 12.9. The molecule has 3 fully saturated rings. The van der Waals surface area contributed by atoms with Crippen LogP contribution >= 0.6 is 11.3 Å². The molecule has 2 N–H and O–H groups in total. The summed E-state index contributed by atoms with van der Waals surface area (Å²) in [6.45, 7) is 3.65. The van der Waals surface area contributed by atoms with Crippen molar-refractivity contribution in [2.75, 3.05) is 33.2 Å². The maximum atomic E-state index is 12.9.